The molecule has 1 aromatic heterocycles. The van der Waals surface area contributed by atoms with Crippen molar-refractivity contribution < 1.29 is 14.1 Å². The minimum absolute atomic E-state index is 0.127. The van der Waals surface area contributed by atoms with Gasteiger partial charge in [0.25, 0.3) is 0 Å². The fourth-order valence-electron chi connectivity index (χ4n) is 5.41. The molecule has 0 unspecified atom stereocenters. The van der Waals surface area contributed by atoms with Gasteiger partial charge in [-0.3, -0.25) is 9.59 Å². The quantitative estimate of drug-likeness (QED) is 0.829. The number of hydrogen-bond acceptors (Lipinski definition) is 4. The molecule has 3 aliphatic rings. The molecule has 4 atom stereocenters. The number of carbonyl (C=O) groups is 2. The van der Waals surface area contributed by atoms with E-state index in [0.29, 0.717) is 42.0 Å². The van der Waals surface area contributed by atoms with Crippen LogP contribution in [-0.4, -0.2) is 51.9 Å². The largest absolute Gasteiger partial charge is 0.361 e. The predicted octanol–water partition coefficient (Wildman–Crippen LogP) is 2.55. The topological polar surface area (TPSA) is 66.7 Å². The smallest absolute Gasteiger partial charge is 0.230 e. The van der Waals surface area contributed by atoms with E-state index in [1.807, 2.05) is 17.9 Å². The summed E-state index contributed by atoms with van der Waals surface area (Å²) in [5, 5.41) is 3.88. The van der Waals surface area contributed by atoms with Crippen molar-refractivity contribution in [3.8, 4) is 0 Å². The van der Waals surface area contributed by atoms with Gasteiger partial charge >= 0.3 is 0 Å². The first-order chi connectivity index (χ1) is 12.6. The average molecular weight is 359 g/mol. The van der Waals surface area contributed by atoms with E-state index in [0.717, 1.165) is 50.9 Å². The van der Waals surface area contributed by atoms with Crippen molar-refractivity contribution in [3.63, 3.8) is 0 Å². The Morgan fingerprint density at radius 2 is 2.15 bits per heavy atom. The van der Waals surface area contributed by atoms with E-state index in [-0.39, 0.29) is 12.3 Å². The second-order valence-corrected chi connectivity index (χ2v) is 8.28. The standard InChI is InChI=1S/C20H29N3O3/c1-3-5-17-14-9-15(18-6-4-7-19(24)23(17)18)12-22(11-14)20(25)10-16-8-13(2)21-26-16/h8,14-15,17-18H,3-7,9-12H2,1-2H3/t14-,15+,17-,18-/m0/s1. The van der Waals surface area contributed by atoms with Crippen LogP contribution in [0.15, 0.2) is 10.6 Å². The fraction of sp³-hybridized carbons (Fsp3) is 0.750. The molecule has 0 radical (unpaired) electrons. The van der Waals surface area contributed by atoms with Gasteiger partial charge in [-0.15, -0.1) is 0 Å². The Balaban J connectivity index is 1.52. The first-order valence-electron chi connectivity index (χ1n) is 10.1. The summed E-state index contributed by atoms with van der Waals surface area (Å²) in [4.78, 5) is 29.7. The van der Waals surface area contributed by atoms with Gasteiger partial charge in [-0.05, 0) is 44.4 Å². The summed E-state index contributed by atoms with van der Waals surface area (Å²) in [7, 11) is 0. The van der Waals surface area contributed by atoms with E-state index in [9.17, 15) is 9.59 Å². The lowest BCUT2D eigenvalue weighted by molar-refractivity contribution is -0.156. The van der Waals surface area contributed by atoms with Crippen LogP contribution in [0, 0.1) is 18.8 Å². The highest BCUT2D eigenvalue weighted by atomic mass is 16.5. The normalized spacial score (nSPS) is 31.1. The molecule has 0 spiro atoms. The van der Waals surface area contributed by atoms with Gasteiger partial charge in [-0.25, -0.2) is 0 Å². The Bertz CT molecular complexity index is 686. The summed E-state index contributed by atoms with van der Waals surface area (Å²) in [6.07, 6.45) is 6.34. The van der Waals surface area contributed by atoms with Crippen molar-refractivity contribution in [3.05, 3.63) is 17.5 Å². The van der Waals surface area contributed by atoms with Crippen LogP contribution < -0.4 is 0 Å². The zero-order chi connectivity index (χ0) is 18.3. The highest BCUT2D eigenvalue weighted by Crippen LogP contribution is 2.42. The lowest BCUT2D eigenvalue weighted by Crippen LogP contribution is -2.65. The van der Waals surface area contributed by atoms with Gasteiger partial charge in [0.15, 0.2) is 0 Å². The maximum absolute atomic E-state index is 12.9. The lowest BCUT2D eigenvalue weighted by Gasteiger charge is -2.56. The van der Waals surface area contributed by atoms with Crippen LogP contribution in [0.5, 0.6) is 0 Å². The summed E-state index contributed by atoms with van der Waals surface area (Å²) in [6, 6.07) is 2.47. The number of rotatable bonds is 4. The Morgan fingerprint density at radius 3 is 2.88 bits per heavy atom. The second kappa shape index (κ2) is 7.05. The molecule has 26 heavy (non-hydrogen) atoms. The van der Waals surface area contributed by atoms with E-state index in [4.69, 9.17) is 4.52 Å². The van der Waals surface area contributed by atoms with Crippen molar-refractivity contribution >= 4 is 11.8 Å². The summed E-state index contributed by atoms with van der Waals surface area (Å²) in [5.74, 6) is 1.94. The van der Waals surface area contributed by atoms with E-state index < -0.39 is 0 Å². The predicted molar refractivity (Wildman–Crippen MR) is 96.3 cm³/mol. The maximum Gasteiger partial charge on any atom is 0.230 e. The average Bonchev–Trinajstić information content (AvgIpc) is 3.03. The van der Waals surface area contributed by atoms with Crippen molar-refractivity contribution in [2.24, 2.45) is 11.8 Å². The van der Waals surface area contributed by atoms with Gasteiger partial charge in [0.05, 0.1) is 12.1 Å². The molecule has 4 heterocycles. The molecular weight excluding hydrogens is 330 g/mol. The summed E-state index contributed by atoms with van der Waals surface area (Å²) in [6.45, 7) is 5.60. The summed E-state index contributed by atoms with van der Waals surface area (Å²) >= 11 is 0. The number of carbonyl (C=O) groups excluding carboxylic acids is 2. The molecule has 4 rings (SSSR count). The molecular formula is C20H29N3O3. The van der Waals surface area contributed by atoms with E-state index in [1.54, 1.807) is 0 Å². The molecule has 2 amide bonds. The lowest BCUT2D eigenvalue weighted by atomic mass is 9.71. The number of hydrogen-bond donors (Lipinski definition) is 0. The number of aryl methyl sites for hydroxylation is 1. The number of amides is 2. The van der Waals surface area contributed by atoms with E-state index in [2.05, 4.69) is 17.0 Å². The third-order valence-corrected chi connectivity index (χ3v) is 6.44. The summed E-state index contributed by atoms with van der Waals surface area (Å²) in [5.41, 5.74) is 0.808. The van der Waals surface area contributed by atoms with Crippen LogP contribution in [0.4, 0.5) is 0 Å². The van der Waals surface area contributed by atoms with E-state index in [1.165, 1.54) is 0 Å². The maximum atomic E-state index is 12.9. The molecule has 6 heteroatoms. The number of fused-ring (bicyclic) bond motifs is 4. The highest BCUT2D eigenvalue weighted by Gasteiger charge is 2.49. The minimum Gasteiger partial charge on any atom is -0.361 e. The molecule has 3 fully saturated rings. The second-order valence-electron chi connectivity index (χ2n) is 8.28. The van der Waals surface area contributed by atoms with Crippen LogP contribution in [0.3, 0.4) is 0 Å². The Hall–Kier alpha value is -1.85. The molecule has 3 aliphatic heterocycles. The van der Waals surface area contributed by atoms with Crippen molar-refractivity contribution in [2.45, 2.75) is 70.9 Å². The van der Waals surface area contributed by atoms with Crippen molar-refractivity contribution in [1.82, 2.24) is 15.0 Å². The third kappa shape index (κ3) is 3.14. The molecule has 3 saturated heterocycles. The Kier molecular flexibility index (Phi) is 4.76. The summed E-state index contributed by atoms with van der Waals surface area (Å²) < 4.78 is 5.23. The number of piperidine rings is 3. The highest BCUT2D eigenvalue weighted by molar-refractivity contribution is 5.79. The molecule has 0 aromatic carbocycles. The molecule has 2 bridgehead atoms. The van der Waals surface area contributed by atoms with Crippen LogP contribution in [0.25, 0.3) is 0 Å². The van der Waals surface area contributed by atoms with Gasteiger partial charge < -0.3 is 14.3 Å². The Labute approximate surface area is 154 Å². The van der Waals surface area contributed by atoms with Crippen LogP contribution >= 0.6 is 0 Å². The zero-order valence-corrected chi connectivity index (χ0v) is 15.8. The van der Waals surface area contributed by atoms with Crippen molar-refractivity contribution in [2.75, 3.05) is 13.1 Å². The van der Waals surface area contributed by atoms with Crippen LogP contribution in [0.2, 0.25) is 0 Å². The van der Waals surface area contributed by atoms with Gasteiger partial charge in [-0.1, -0.05) is 18.5 Å². The molecule has 0 aliphatic carbocycles. The SMILES string of the molecule is CCC[C@H]1[C@H]2C[C@H](CN(C(=O)Cc3cc(C)no3)C2)[C@@H]2CCCC(=O)N21. The van der Waals surface area contributed by atoms with Crippen LogP contribution in [-0.2, 0) is 16.0 Å². The number of nitrogens with zero attached hydrogens (tertiary/aromatic N) is 3. The first kappa shape index (κ1) is 17.6. The number of likely N-dealkylation sites (tertiary alicyclic amines) is 1. The van der Waals surface area contributed by atoms with Gasteiger partial charge in [-0.2, -0.15) is 0 Å². The first-order valence-corrected chi connectivity index (χ1v) is 10.1. The van der Waals surface area contributed by atoms with Crippen molar-refractivity contribution in [1.29, 1.82) is 0 Å². The molecule has 1 aromatic rings. The molecule has 0 N–H and O–H groups in total. The van der Waals surface area contributed by atoms with E-state index >= 15 is 0 Å². The van der Waals surface area contributed by atoms with Gasteiger partial charge in [0, 0.05) is 37.7 Å². The minimum atomic E-state index is 0.127. The van der Waals surface area contributed by atoms with Gasteiger partial charge in [0.2, 0.25) is 11.8 Å². The van der Waals surface area contributed by atoms with Gasteiger partial charge in [0.1, 0.15) is 5.76 Å². The Morgan fingerprint density at radius 1 is 1.35 bits per heavy atom. The zero-order valence-electron chi connectivity index (χ0n) is 15.8. The molecule has 0 saturated carbocycles. The molecule has 142 valence electrons. The van der Waals surface area contributed by atoms with Crippen LogP contribution in [0.1, 0.15) is 56.9 Å². The monoisotopic (exact) mass is 359 g/mol. The third-order valence-electron chi connectivity index (χ3n) is 6.44. The fourth-order valence-corrected chi connectivity index (χ4v) is 5.41. The number of aromatic nitrogens is 1. The molecule has 6 nitrogen and oxygen atoms in total.